The van der Waals surface area contributed by atoms with Gasteiger partial charge in [-0.1, -0.05) is 13.8 Å². The first-order valence-corrected chi connectivity index (χ1v) is 9.43. The molecule has 2 fully saturated rings. The van der Waals surface area contributed by atoms with Crippen LogP contribution in [0, 0.1) is 5.92 Å². The summed E-state index contributed by atoms with van der Waals surface area (Å²) in [7, 11) is 1.62. The molecule has 1 aromatic carbocycles. The fourth-order valence-corrected chi connectivity index (χ4v) is 3.63. The van der Waals surface area contributed by atoms with Crippen molar-refractivity contribution in [1.29, 1.82) is 0 Å². The zero-order valence-electron chi connectivity index (χ0n) is 16.0. The standard InChI is InChI=1S/C20H30N2O3.ClH/c1-14(2)9-11-25-18-7-4-15(12-19(18)24-3)20(23)22-10-8-16-5-6-17(13-22)21-16;/h4,7,12,14,16-17,21H,5-6,8-11,13H2,1-3H3;1H. The first-order valence-electron chi connectivity index (χ1n) is 9.43. The van der Waals surface area contributed by atoms with E-state index in [4.69, 9.17) is 9.47 Å². The maximum atomic E-state index is 12.9. The van der Waals surface area contributed by atoms with E-state index in [9.17, 15) is 4.79 Å². The molecule has 0 radical (unpaired) electrons. The number of halogens is 1. The minimum absolute atomic E-state index is 0. The highest BCUT2D eigenvalue weighted by molar-refractivity contribution is 5.95. The monoisotopic (exact) mass is 382 g/mol. The molecule has 1 aromatic rings. The zero-order valence-corrected chi connectivity index (χ0v) is 16.8. The molecule has 2 aliphatic heterocycles. The van der Waals surface area contributed by atoms with Crippen LogP contribution in [0.3, 0.4) is 0 Å². The first kappa shape index (κ1) is 20.8. The predicted molar refractivity (Wildman–Crippen MR) is 106 cm³/mol. The second-order valence-electron chi connectivity index (χ2n) is 7.57. The van der Waals surface area contributed by atoms with Gasteiger partial charge in [0.25, 0.3) is 5.91 Å². The minimum Gasteiger partial charge on any atom is -0.493 e. The number of amides is 1. The van der Waals surface area contributed by atoms with Crippen LogP contribution >= 0.6 is 12.4 Å². The zero-order chi connectivity index (χ0) is 17.8. The van der Waals surface area contributed by atoms with Gasteiger partial charge >= 0.3 is 0 Å². The molecule has 0 spiro atoms. The number of rotatable bonds is 6. The SMILES string of the molecule is COc1cc(C(=O)N2CCC3CCC(C2)N3)ccc1OCCC(C)C.Cl. The summed E-state index contributed by atoms with van der Waals surface area (Å²) in [5.41, 5.74) is 0.672. The highest BCUT2D eigenvalue weighted by atomic mass is 35.5. The lowest BCUT2D eigenvalue weighted by molar-refractivity contribution is 0.0747. The molecule has 2 heterocycles. The van der Waals surface area contributed by atoms with Crippen molar-refractivity contribution >= 4 is 18.3 Å². The molecule has 0 aromatic heterocycles. The molecule has 2 unspecified atom stereocenters. The second-order valence-corrected chi connectivity index (χ2v) is 7.57. The third-order valence-corrected chi connectivity index (χ3v) is 5.17. The van der Waals surface area contributed by atoms with Crippen LogP contribution in [0.15, 0.2) is 18.2 Å². The Bertz CT molecular complexity index is 609. The summed E-state index contributed by atoms with van der Waals surface area (Å²) in [5.74, 6) is 2.01. The molecule has 146 valence electrons. The number of fused-ring (bicyclic) bond motifs is 2. The van der Waals surface area contributed by atoms with E-state index in [1.807, 2.05) is 23.1 Å². The molecular formula is C20H31ClN2O3. The Hall–Kier alpha value is -1.46. The van der Waals surface area contributed by atoms with E-state index in [2.05, 4.69) is 19.2 Å². The predicted octanol–water partition coefficient (Wildman–Crippen LogP) is 3.51. The van der Waals surface area contributed by atoms with Gasteiger partial charge < -0.3 is 19.7 Å². The molecule has 6 heteroatoms. The Labute approximate surface area is 162 Å². The average Bonchev–Trinajstić information content (AvgIpc) is 2.93. The average molecular weight is 383 g/mol. The lowest BCUT2D eigenvalue weighted by Gasteiger charge is -2.24. The third-order valence-electron chi connectivity index (χ3n) is 5.17. The molecule has 0 saturated carbocycles. The quantitative estimate of drug-likeness (QED) is 0.818. The highest BCUT2D eigenvalue weighted by Gasteiger charge is 2.31. The summed E-state index contributed by atoms with van der Waals surface area (Å²) in [6.45, 7) is 6.62. The number of carbonyl (C=O) groups excluding carboxylic acids is 1. The van der Waals surface area contributed by atoms with Crippen molar-refractivity contribution in [3.05, 3.63) is 23.8 Å². The summed E-state index contributed by atoms with van der Waals surface area (Å²) >= 11 is 0. The maximum absolute atomic E-state index is 12.9. The van der Waals surface area contributed by atoms with Crippen molar-refractivity contribution in [2.75, 3.05) is 26.8 Å². The molecule has 0 aliphatic carbocycles. The number of benzene rings is 1. The topological polar surface area (TPSA) is 50.8 Å². The fraction of sp³-hybridized carbons (Fsp3) is 0.650. The highest BCUT2D eigenvalue weighted by Crippen LogP contribution is 2.29. The summed E-state index contributed by atoms with van der Waals surface area (Å²) < 4.78 is 11.3. The molecule has 2 aliphatic rings. The van der Waals surface area contributed by atoms with E-state index < -0.39 is 0 Å². The van der Waals surface area contributed by atoms with Crippen LogP contribution in [0.25, 0.3) is 0 Å². The lowest BCUT2D eigenvalue weighted by Crippen LogP contribution is -2.39. The van der Waals surface area contributed by atoms with Gasteiger partial charge in [0, 0.05) is 30.7 Å². The Balaban J connectivity index is 0.00000243. The summed E-state index contributed by atoms with van der Waals surface area (Å²) in [4.78, 5) is 14.9. The van der Waals surface area contributed by atoms with Crippen LogP contribution in [0.4, 0.5) is 0 Å². The van der Waals surface area contributed by atoms with Gasteiger partial charge in [-0.3, -0.25) is 4.79 Å². The minimum atomic E-state index is 0. The van der Waals surface area contributed by atoms with Gasteiger partial charge in [0.1, 0.15) is 0 Å². The largest absolute Gasteiger partial charge is 0.493 e. The summed E-state index contributed by atoms with van der Waals surface area (Å²) in [6.07, 6.45) is 4.44. The number of hydrogen-bond donors (Lipinski definition) is 1. The van der Waals surface area contributed by atoms with E-state index in [-0.39, 0.29) is 18.3 Å². The molecule has 2 saturated heterocycles. The fourth-order valence-electron chi connectivity index (χ4n) is 3.63. The number of hydrogen-bond acceptors (Lipinski definition) is 4. The van der Waals surface area contributed by atoms with E-state index in [0.717, 1.165) is 25.9 Å². The van der Waals surface area contributed by atoms with Gasteiger partial charge in [-0.25, -0.2) is 0 Å². The van der Waals surface area contributed by atoms with Gasteiger partial charge in [0.2, 0.25) is 0 Å². The van der Waals surface area contributed by atoms with Crippen molar-refractivity contribution in [3.63, 3.8) is 0 Å². The number of nitrogens with one attached hydrogen (secondary N) is 1. The van der Waals surface area contributed by atoms with Crippen LogP contribution in [0.5, 0.6) is 11.5 Å². The van der Waals surface area contributed by atoms with E-state index in [0.29, 0.717) is 41.7 Å². The van der Waals surface area contributed by atoms with Gasteiger partial charge in [-0.05, 0) is 49.8 Å². The number of carbonyl (C=O) groups is 1. The summed E-state index contributed by atoms with van der Waals surface area (Å²) in [6, 6.07) is 6.54. The van der Waals surface area contributed by atoms with Crippen molar-refractivity contribution in [3.8, 4) is 11.5 Å². The van der Waals surface area contributed by atoms with Crippen LogP contribution < -0.4 is 14.8 Å². The van der Waals surface area contributed by atoms with E-state index >= 15 is 0 Å². The van der Waals surface area contributed by atoms with E-state index in [1.165, 1.54) is 12.8 Å². The first-order chi connectivity index (χ1) is 12.1. The van der Waals surface area contributed by atoms with Crippen molar-refractivity contribution in [1.82, 2.24) is 10.2 Å². The van der Waals surface area contributed by atoms with Gasteiger partial charge in [0.05, 0.1) is 13.7 Å². The Morgan fingerprint density at radius 2 is 2.00 bits per heavy atom. The molecular weight excluding hydrogens is 352 g/mol. The second kappa shape index (κ2) is 9.47. The maximum Gasteiger partial charge on any atom is 0.254 e. The molecule has 26 heavy (non-hydrogen) atoms. The third kappa shape index (κ3) is 5.04. The number of nitrogens with zero attached hydrogens (tertiary/aromatic N) is 1. The van der Waals surface area contributed by atoms with Gasteiger partial charge in [0.15, 0.2) is 11.5 Å². The molecule has 1 N–H and O–H groups in total. The van der Waals surface area contributed by atoms with Crippen molar-refractivity contribution in [2.24, 2.45) is 5.92 Å². The Kier molecular flexibility index (Phi) is 7.59. The van der Waals surface area contributed by atoms with Crippen LogP contribution in [-0.2, 0) is 0 Å². The Morgan fingerprint density at radius 1 is 1.23 bits per heavy atom. The van der Waals surface area contributed by atoms with Gasteiger partial charge in [-0.2, -0.15) is 0 Å². The van der Waals surface area contributed by atoms with Gasteiger partial charge in [-0.15, -0.1) is 12.4 Å². The van der Waals surface area contributed by atoms with Crippen LogP contribution in [-0.4, -0.2) is 49.7 Å². The van der Waals surface area contributed by atoms with Crippen LogP contribution in [0.2, 0.25) is 0 Å². The smallest absolute Gasteiger partial charge is 0.254 e. The summed E-state index contributed by atoms with van der Waals surface area (Å²) in [5, 5.41) is 3.61. The van der Waals surface area contributed by atoms with E-state index in [1.54, 1.807) is 7.11 Å². The Morgan fingerprint density at radius 3 is 2.73 bits per heavy atom. The number of methoxy groups -OCH3 is 1. The molecule has 5 nitrogen and oxygen atoms in total. The van der Waals surface area contributed by atoms with Crippen molar-refractivity contribution < 1.29 is 14.3 Å². The van der Waals surface area contributed by atoms with Crippen LogP contribution in [0.1, 0.15) is 49.9 Å². The molecule has 2 atom stereocenters. The molecule has 1 amide bonds. The number of ether oxygens (including phenoxy) is 2. The lowest BCUT2D eigenvalue weighted by atomic mass is 10.1. The normalized spacial score (nSPS) is 21.9. The number of likely N-dealkylation sites (tertiary alicyclic amines) is 1. The molecule has 2 bridgehead atoms. The van der Waals surface area contributed by atoms with Crippen molar-refractivity contribution in [2.45, 2.75) is 51.6 Å². The molecule has 3 rings (SSSR count).